The van der Waals surface area contributed by atoms with Crippen LogP contribution in [0.5, 0.6) is 0 Å². The van der Waals surface area contributed by atoms with E-state index < -0.39 is 0 Å². The second-order valence-electron chi connectivity index (χ2n) is 5.50. The molecule has 0 unspecified atom stereocenters. The van der Waals surface area contributed by atoms with Gasteiger partial charge in [0.25, 0.3) is 5.91 Å². The fourth-order valence-electron chi connectivity index (χ4n) is 2.32. The van der Waals surface area contributed by atoms with Gasteiger partial charge in [-0.05, 0) is 37.5 Å². The molecule has 0 aliphatic heterocycles. The van der Waals surface area contributed by atoms with E-state index in [1.807, 2.05) is 0 Å². The molecule has 0 fully saturated rings. The number of rotatable bonds is 5. The summed E-state index contributed by atoms with van der Waals surface area (Å²) in [5, 5.41) is 9.21. The van der Waals surface area contributed by atoms with Crippen molar-refractivity contribution < 1.29 is 9.18 Å². The fourth-order valence-corrected chi connectivity index (χ4v) is 2.32. The first-order valence-corrected chi connectivity index (χ1v) is 7.76. The number of aryl methyl sites for hydroxylation is 1. The Morgan fingerprint density at radius 2 is 1.92 bits per heavy atom. The van der Waals surface area contributed by atoms with E-state index in [1.165, 1.54) is 6.07 Å². The second kappa shape index (κ2) is 10.3. The van der Waals surface area contributed by atoms with E-state index in [9.17, 15) is 9.18 Å². The summed E-state index contributed by atoms with van der Waals surface area (Å²) in [6.45, 7) is 2.64. The van der Waals surface area contributed by atoms with Crippen molar-refractivity contribution in [2.75, 3.05) is 20.1 Å². The maximum absolute atomic E-state index is 13.5. The summed E-state index contributed by atoms with van der Waals surface area (Å²) in [4.78, 5) is 16.1. The van der Waals surface area contributed by atoms with Crippen molar-refractivity contribution in [3.05, 3.63) is 47.3 Å². The lowest BCUT2D eigenvalue weighted by Crippen LogP contribution is -2.45. The largest absolute Gasteiger partial charge is 0.355 e. The highest BCUT2D eigenvalue weighted by molar-refractivity contribution is 14.0. The van der Waals surface area contributed by atoms with Crippen LogP contribution in [0.25, 0.3) is 0 Å². The SMILES string of the molecule is CN=C(NCCNC(=O)c1ccc(C)c(F)c1)NC1CC=CC1.I. The maximum Gasteiger partial charge on any atom is 0.251 e. The first-order chi connectivity index (χ1) is 11.1. The van der Waals surface area contributed by atoms with Crippen LogP contribution in [0.4, 0.5) is 4.39 Å². The number of halogens is 2. The molecule has 3 N–H and O–H groups in total. The van der Waals surface area contributed by atoms with Gasteiger partial charge in [0.1, 0.15) is 5.82 Å². The molecule has 1 amide bonds. The van der Waals surface area contributed by atoms with Crippen molar-refractivity contribution in [2.24, 2.45) is 4.99 Å². The summed E-state index contributed by atoms with van der Waals surface area (Å²) in [6.07, 6.45) is 6.28. The van der Waals surface area contributed by atoms with E-state index in [2.05, 4.69) is 33.1 Å². The standard InChI is InChI=1S/C17H23FN4O.HI/c1-12-7-8-13(11-15(12)18)16(23)20-9-10-21-17(19-2)22-14-5-3-4-6-14;/h3-4,7-8,11,14H,5-6,9-10H2,1-2H3,(H,20,23)(H2,19,21,22);1H. The third-order valence-corrected chi connectivity index (χ3v) is 3.71. The van der Waals surface area contributed by atoms with E-state index >= 15 is 0 Å². The van der Waals surface area contributed by atoms with Crippen molar-refractivity contribution in [3.63, 3.8) is 0 Å². The monoisotopic (exact) mass is 446 g/mol. The van der Waals surface area contributed by atoms with Crippen LogP contribution in [-0.2, 0) is 0 Å². The van der Waals surface area contributed by atoms with Crippen LogP contribution >= 0.6 is 24.0 Å². The molecule has 1 aliphatic rings. The number of hydrogen-bond acceptors (Lipinski definition) is 2. The lowest BCUT2D eigenvalue weighted by atomic mass is 10.1. The molecule has 0 saturated carbocycles. The molecule has 0 saturated heterocycles. The Balaban J connectivity index is 0.00000288. The molecule has 2 rings (SSSR count). The Morgan fingerprint density at radius 3 is 2.54 bits per heavy atom. The van der Waals surface area contributed by atoms with Gasteiger partial charge in [-0.2, -0.15) is 0 Å². The Labute approximate surface area is 159 Å². The van der Waals surface area contributed by atoms with Crippen LogP contribution in [0.1, 0.15) is 28.8 Å². The average molecular weight is 446 g/mol. The minimum Gasteiger partial charge on any atom is -0.355 e. The maximum atomic E-state index is 13.5. The number of carbonyl (C=O) groups is 1. The van der Waals surface area contributed by atoms with Crippen LogP contribution in [0.15, 0.2) is 35.3 Å². The van der Waals surface area contributed by atoms with E-state index in [0.29, 0.717) is 36.2 Å². The Kier molecular flexibility index (Phi) is 8.73. The third-order valence-electron chi connectivity index (χ3n) is 3.71. The molecule has 0 radical (unpaired) electrons. The molecule has 1 aliphatic carbocycles. The number of benzene rings is 1. The van der Waals surface area contributed by atoms with Crippen LogP contribution in [0.3, 0.4) is 0 Å². The van der Waals surface area contributed by atoms with Crippen LogP contribution in [0.2, 0.25) is 0 Å². The first kappa shape index (κ1) is 20.4. The molecule has 24 heavy (non-hydrogen) atoms. The second-order valence-corrected chi connectivity index (χ2v) is 5.50. The molecule has 1 aromatic carbocycles. The number of amides is 1. The van der Waals surface area contributed by atoms with Crippen LogP contribution in [0, 0.1) is 12.7 Å². The molecular formula is C17H24FIN4O. The van der Waals surface area contributed by atoms with Gasteiger partial charge in [-0.25, -0.2) is 4.39 Å². The van der Waals surface area contributed by atoms with Gasteiger partial charge < -0.3 is 16.0 Å². The highest BCUT2D eigenvalue weighted by Crippen LogP contribution is 2.09. The summed E-state index contributed by atoms with van der Waals surface area (Å²) in [6, 6.07) is 4.86. The van der Waals surface area contributed by atoms with Crippen molar-refractivity contribution >= 4 is 35.8 Å². The Hall–Kier alpha value is -1.64. The van der Waals surface area contributed by atoms with Crippen molar-refractivity contribution in [1.82, 2.24) is 16.0 Å². The molecule has 132 valence electrons. The van der Waals surface area contributed by atoms with Crippen LogP contribution < -0.4 is 16.0 Å². The van der Waals surface area contributed by atoms with Gasteiger partial charge >= 0.3 is 0 Å². The smallest absolute Gasteiger partial charge is 0.251 e. The molecule has 1 aromatic rings. The zero-order valence-electron chi connectivity index (χ0n) is 13.9. The summed E-state index contributed by atoms with van der Waals surface area (Å²) in [5.74, 6) is 0.0634. The summed E-state index contributed by atoms with van der Waals surface area (Å²) in [7, 11) is 1.71. The zero-order chi connectivity index (χ0) is 16.7. The fraction of sp³-hybridized carbons (Fsp3) is 0.412. The molecule has 0 atom stereocenters. The number of aliphatic imine (C=N–C) groups is 1. The number of nitrogens with one attached hydrogen (secondary N) is 3. The average Bonchev–Trinajstić information content (AvgIpc) is 3.05. The normalized spacial score (nSPS) is 14.2. The Bertz CT molecular complexity index is 611. The molecule has 7 heteroatoms. The molecule has 5 nitrogen and oxygen atoms in total. The summed E-state index contributed by atoms with van der Waals surface area (Å²) < 4.78 is 13.5. The minimum atomic E-state index is -0.370. The quantitative estimate of drug-likeness (QED) is 0.214. The topological polar surface area (TPSA) is 65.5 Å². The number of hydrogen-bond donors (Lipinski definition) is 3. The highest BCUT2D eigenvalue weighted by Gasteiger charge is 2.11. The summed E-state index contributed by atoms with van der Waals surface area (Å²) in [5.41, 5.74) is 0.854. The van der Waals surface area contributed by atoms with Crippen molar-refractivity contribution in [2.45, 2.75) is 25.8 Å². The van der Waals surface area contributed by atoms with Gasteiger partial charge in [-0.3, -0.25) is 9.79 Å². The van der Waals surface area contributed by atoms with Gasteiger partial charge in [-0.15, -0.1) is 24.0 Å². The van der Waals surface area contributed by atoms with Crippen molar-refractivity contribution in [3.8, 4) is 0 Å². The van der Waals surface area contributed by atoms with Gasteiger partial charge in [0.15, 0.2) is 5.96 Å². The van der Waals surface area contributed by atoms with E-state index in [-0.39, 0.29) is 35.7 Å². The van der Waals surface area contributed by atoms with Gasteiger partial charge in [-0.1, -0.05) is 18.2 Å². The van der Waals surface area contributed by atoms with Gasteiger partial charge in [0, 0.05) is 31.7 Å². The molecule has 0 aromatic heterocycles. The molecule has 0 bridgehead atoms. The lowest BCUT2D eigenvalue weighted by Gasteiger charge is -2.17. The number of carbonyl (C=O) groups excluding carboxylic acids is 1. The van der Waals surface area contributed by atoms with Crippen molar-refractivity contribution in [1.29, 1.82) is 0 Å². The van der Waals surface area contributed by atoms with E-state index in [0.717, 1.165) is 12.8 Å². The zero-order valence-corrected chi connectivity index (χ0v) is 16.3. The van der Waals surface area contributed by atoms with Crippen LogP contribution in [-0.4, -0.2) is 38.0 Å². The highest BCUT2D eigenvalue weighted by atomic mass is 127. The predicted molar refractivity (Wildman–Crippen MR) is 106 cm³/mol. The first-order valence-electron chi connectivity index (χ1n) is 7.76. The lowest BCUT2D eigenvalue weighted by molar-refractivity contribution is 0.0954. The molecular weight excluding hydrogens is 422 g/mol. The summed E-state index contributed by atoms with van der Waals surface area (Å²) >= 11 is 0. The minimum absolute atomic E-state index is 0. The van der Waals surface area contributed by atoms with E-state index in [1.54, 1.807) is 26.1 Å². The predicted octanol–water partition coefficient (Wildman–Crippen LogP) is 2.37. The number of nitrogens with zero attached hydrogens (tertiary/aromatic N) is 1. The molecule has 0 spiro atoms. The van der Waals surface area contributed by atoms with Gasteiger partial charge in [0.05, 0.1) is 0 Å². The Morgan fingerprint density at radius 1 is 1.25 bits per heavy atom. The third kappa shape index (κ3) is 6.10. The van der Waals surface area contributed by atoms with E-state index in [4.69, 9.17) is 0 Å². The molecule has 0 heterocycles. The number of guanidine groups is 1. The van der Waals surface area contributed by atoms with Gasteiger partial charge in [0.2, 0.25) is 0 Å².